The Hall–Kier alpha value is -1.42. The van der Waals surface area contributed by atoms with Crippen molar-refractivity contribution < 1.29 is 9.18 Å². The van der Waals surface area contributed by atoms with E-state index >= 15 is 0 Å². The fourth-order valence-electron chi connectivity index (χ4n) is 3.16. The quantitative estimate of drug-likeness (QED) is 0.867. The van der Waals surface area contributed by atoms with Crippen LogP contribution in [0.15, 0.2) is 18.2 Å². The zero-order valence-electron chi connectivity index (χ0n) is 12.2. The maximum absolute atomic E-state index is 13.0. The first-order valence-corrected chi connectivity index (χ1v) is 7.20. The van der Waals surface area contributed by atoms with Gasteiger partial charge in [-0.2, -0.15) is 0 Å². The van der Waals surface area contributed by atoms with E-state index in [1.165, 1.54) is 12.1 Å². The van der Waals surface area contributed by atoms with Gasteiger partial charge in [0.15, 0.2) is 0 Å². The molecule has 1 aliphatic carbocycles. The van der Waals surface area contributed by atoms with E-state index in [2.05, 4.69) is 12.2 Å². The molecule has 1 amide bonds. The van der Waals surface area contributed by atoms with Crippen molar-refractivity contribution >= 4 is 5.91 Å². The van der Waals surface area contributed by atoms with Gasteiger partial charge >= 0.3 is 0 Å². The van der Waals surface area contributed by atoms with Gasteiger partial charge in [0.2, 0.25) is 5.91 Å². The van der Waals surface area contributed by atoms with E-state index in [-0.39, 0.29) is 17.1 Å². The summed E-state index contributed by atoms with van der Waals surface area (Å²) in [6, 6.07) is 4.76. The van der Waals surface area contributed by atoms with Gasteiger partial charge in [-0.3, -0.25) is 4.79 Å². The zero-order chi connectivity index (χ0) is 14.8. The summed E-state index contributed by atoms with van der Waals surface area (Å²) < 4.78 is 13.0. The first kappa shape index (κ1) is 15.0. The van der Waals surface area contributed by atoms with Gasteiger partial charge in [-0.1, -0.05) is 13.0 Å². The lowest BCUT2D eigenvalue weighted by atomic mass is 9.62. The molecule has 1 aromatic carbocycles. The van der Waals surface area contributed by atoms with Crippen molar-refractivity contribution in [2.45, 2.75) is 33.1 Å². The van der Waals surface area contributed by atoms with Crippen LogP contribution < -0.4 is 11.1 Å². The molecule has 2 rings (SSSR count). The Balaban J connectivity index is 1.85. The lowest BCUT2D eigenvalue weighted by molar-refractivity contribution is -0.138. The normalized spacial score (nSPS) is 25.1. The summed E-state index contributed by atoms with van der Waals surface area (Å²) in [5, 5.41) is 2.97. The molecule has 0 bridgehead atoms. The molecule has 0 unspecified atom stereocenters. The van der Waals surface area contributed by atoms with Crippen LogP contribution in [0.1, 0.15) is 30.9 Å². The average molecular weight is 278 g/mol. The van der Waals surface area contributed by atoms with Crippen LogP contribution in [0.4, 0.5) is 4.39 Å². The molecule has 110 valence electrons. The first-order chi connectivity index (χ1) is 9.47. The molecular weight excluding hydrogens is 255 g/mol. The van der Waals surface area contributed by atoms with Crippen molar-refractivity contribution in [2.75, 3.05) is 13.1 Å². The van der Waals surface area contributed by atoms with Crippen LogP contribution in [0.3, 0.4) is 0 Å². The highest BCUT2D eigenvalue weighted by molar-refractivity contribution is 5.83. The SMILES string of the molecule is Cc1cc(F)ccc1CCNC(=O)C1(CN)CC(C)C1. The highest BCUT2D eigenvalue weighted by Crippen LogP contribution is 2.44. The van der Waals surface area contributed by atoms with Crippen LogP contribution in [-0.4, -0.2) is 19.0 Å². The number of carbonyl (C=O) groups is 1. The molecule has 4 heteroatoms. The number of amides is 1. The highest BCUT2D eigenvalue weighted by Gasteiger charge is 2.46. The van der Waals surface area contributed by atoms with E-state index in [0.29, 0.717) is 25.4 Å². The fourth-order valence-corrected chi connectivity index (χ4v) is 3.16. The monoisotopic (exact) mass is 278 g/mol. The van der Waals surface area contributed by atoms with Crippen molar-refractivity contribution in [3.05, 3.63) is 35.1 Å². The summed E-state index contributed by atoms with van der Waals surface area (Å²) in [5.74, 6) is 0.433. The Morgan fingerprint density at radius 2 is 2.20 bits per heavy atom. The molecule has 0 saturated heterocycles. The third kappa shape index (κ3) is 3.01. The number of benzene rings is 1. The third-order valence-electron chi connectivity index (χ3n) is 4.34. The molecular formula is C16H23FN2O. The van der Waals surface area contributed by atoms with Gasteiger partial charge < -0.3 is 11.1 Å². The number of hydrogen-bond acceptors (Lipinski definition) is 2. The molecule has 1 aliphatic rings. The molecule has 3 nitrogen and oxygen atoms in total. The molecule has 1 aromatic rings. The van der Waals surface area contributed by atoms with Gasteiger partial charge in [0.1, 0.15) is 5.82 Å². The van der Waals surface area contributed by atoms with Crippen molar-refractivity contribution in [2.24, 2.45) is 17.1 Å². The van der Waals surface area contributed by atoms with Crippen LogP contribution in [0.25, 0.3) is 0 Å². The Bertz CT molecular complexity index is 495. The summed E-state index contributed by atoms with van der Waals surface area (Å²) >= 11 is 0. The maximum Gasteiger partial charge on any atom is 0.227 e. The van der Waals surface area contributed by atoms with E-state index < -0.39 is 0 Å². The van der Waals surface area contributed by atoms with Gasteiger partial charge in [-0.25, -0.2) is 4.39 Å². The topological polar surface area (TPSA) is 55.1 Å². The molecule has 0 aromatic heterocycles. The number of nitrogens with two attached hydrogens (primary N) is 1. The van der Waals surface area contributed by atoms with Crippen molar-refractivity contribution in [1.82, 2.24) is 5.32 Å². The second-order valence-corrected chi connectivity index (χ2v) is 6.07. The lowest BCUT2D eigenvalue weighted by Gasteiger charge is -2.44. The second-order valence-electron chi connectivity index (χ2n) is 6.07. The zero-order valence-corrected chi connectivity index (χ0v) is 12.2. The molecule has 0 aliphatic heterocycles. The Kier molecular flexibility index (Phi) is 4.43. The van der Waals surface area contributed by atoms with Gasteiger partial charge in [0.05, 0.1) is 5.41 Å². The van der Waals surface area contributed by atoms with E-state index in [9.17, 15) is 9.18 Å². The fraction of sp³-hybridized carbons (Fsp3) is 0.562. The minimum atomic E-state index is -0.350. The molecule has 20 heavy (non-hydrogen) atoms. The second kappa shape index (κ2) is 5.92. The number of nitrogens with one attached hydrogen (secondary N) is 1. The largest absolute Gasteiger partial charge is 0.355 e. The number of carbonyl (C=O) groups excluding carboxylic acids is 1. The summed E-state index contributed by atoms with van der Waals surface area (Å²) in [6.45, 7) is 5.01. The van der Waals surface area contributed by atoms with Gasteiger partial charge in [0.25, 0.3) is 0 Å². The molecule has 0 heterocycles. The van der Waals surface area contributed by atoms with Crippen LogP contribution >= 0.6 is 0 Å². The predicted molar refractivity (Wildman–Crippen MR) is 77.7 cm³/mol. The van der Waals surface area contributed by atoms with E-state index in [1.807, 2.05) is 6.92 Å². The molecule has 0 atom stereocenters. The average Bonchev–Trinajstić information content (AvgIpc) is 2.37. The van der Waals surface area contributed by atoms with Gasteiger partial charge in [0, 0.05) is 13.1 Å². The Morgan fingerprint density at radius 1 is 1.50 bits per heavy atom. The standard InChI is InChI=1S/C16H23FN2O/c1-11-8-16(9-11,10-18)15(20)19-6-5-13-3-4-14(17)7-12(13)2/h3-4,7,11H,5-6,8-10,18H2,1-2H3,(H,19,20). The number of halogens is 1. The lowest BCUT2D eigenvalue weighted by Crippen LogP contribution is -2.53. The van der Waals surface area contributed by atoms with E-state index in [4.69, 9.17) is 5.73 Å². The third-order valence-corrected chi connectivity index (χ3v) is 4.34. The van der Waals surface area contributed by atoms with Gasteiger partial charge in [-0.15, -0.1) is 0 Å². The number of aryl methyl sites for hydroxylation is 1. The minimum absolute atomic E-state index is 0.0675. The van der Waals surface area contributed by atoms with Crippen molar-refractivity contribution in [3.8, 4) is 0 Å². The highest BCUT2D eigenvalue weighted by atomic mass is 19.1. The first-order valence-electron chi connectivity index (χ1n) is 7.20. The maximum atomic E-state index is 13.0. The summed E-state index contributed by atoms with van der Waals surface area (Å²) in [5.41, 5.74) is 7.39. The van der Waals surface area contributed by atoms with Crippen LogP contribution in [-0.2, 0) is 11.2 Å². The summed E-state index contributed by atoms with van der Waals surface area (Å²) in [4.78, 5) is 12.2. The minimum Gasteiger partial charge on any atom is -0.355 e. The Labute approximate surface area is 119 Å². The number of hydrogen-bond donors (Lipinski definition) is 2. The molecule has 0 spiro atoms. The van der Waals surface area contributed by atoms with Gasteiger partial charge in [-0.05, 0) is 55.4 Å². The smallest absolute Gasteiger partial charge is 0.227 e. The molecule has 1 fully saturated rings. The van der Waals surface area contributed by atoms with E-state index in [0.717, 1.165) is 24.0 Å². The van der Waals surface area contributed by atoms with Crippen LogP contribution in [0.2, 0.25) is 0 Å². The van der Waals surface area contributed by atoms with Crippen molar-refractivity contribution in [1.29, 1.82) is 0 Å². The molecule has 0 radical (unpaired) electrons. The summed E-state index contributed by atoms with van der Waals surface area (Å²) in [6.07, 6.45) is 2.48. The Morgan fingerprint density at radius 3 is 2.75 bits per heavy atom. The molecule has 1 saturated carbocycles. The van der Waals surface area contributed by atoms with Crippen LogP contribution in [0, 0.1) is 24.1 Å². The number of rotatable bonds is 5. The summed E-state index contributed by atoms with van der Waals surface area (Å²) in [7, 11) is 0. The predicted octanol–water partition coefficient (Wildman–Crippen LogP) is 2.17. The van der Waals surface area contributed by atoms with E-state index in [1.54, 1.807) is 6.07 Å². The molecule has 3 N–H and O–H groups in total. The van der Waals surface area contributed by atoms with Crippen LogP contribution in [0.5, 0.6) is 0 Å². The van der Waals surface area contributed by atoms with Crippen molar-refractivity contribution in [3.63, 3.8) is 0 Å².